The van der Waals surface area contributed by atoms with Gasteiger partial charge in [-0.3, -0.25) is 4.79 Å². The van der Waals surface area contributed by atoms with Crippen LogP contribution in [-0.4, -0.2) is 50.5 Å². The van der Waals surface area contributed by atoms with Crippen molar-refractivity contribution < 1.29 is 19.6 Å². The average Bonchev–Trinajstić information content (AvgIpc) is 2.82. The molecule has 0 aliphatic heterocycles. The Kier molecular flexibility index (Phi) is 6.40. The Morgan fingerprint density at radius 3 is 2.89 bits per heavy atom. The lowest BCUT2D eigenvalue weighted by Crippen LogP contribution is -2.21. The van der Waals surface area contributed by atoms with Crippen molar-refractivity contribution in [2.75, 3.05) is 7.11 Å². The molecule has 0 bridgehead atoms. The first-order chi connectivity index (χ1) is 9.04. The number of carbonyl (C=O) groups is 1. The maximum atomic E-state index is 11.2. The van der Waals surface area contributed by atoms with Gasteiger partial charge in [-0.25, -0.2) is 4.68 Å². The molecule has 0 saturated carbocycles. The highest BCUT2D eigenvalue weighted by molar-refractivity contribution is 6.40. The lowest BCUT2D eigenvalue weighted by Gasteiger charge is -2.10. The lowest BCUT2D eigenvalue weighted by atomic mass is 9.83. The van der Waals surface area contributed by atoms with E-state index in [1.165, 1.54) is 11.8 Å². The second kappa shape index (κ2) is 7.82. The molecule has 9 nitrogen and oxygen atoms in total. The Morgan fingerprint density at radius 2 is 2.26 bits per heavy atom. The van der Waals surface area contributed by atoms with E-state index in [2.05, 4.69) is 20.3 Å². The highest BCUT2D eigenvalue weighted by Gasteiger charge is 2.17. The van der Waals surface area contributed by atoms with Gasteiger partial charge in [0, 0.05) is 0 Å². The Hall–Kier alpha value is -1.52. The largest absolute Gasteiger partial charge is 0.468 e. The monoisotopic (exact) mass is 271 g/mol. The fourth-order valence-electron chi connectivity index (χ4n) is 1.60. The molecule has 0 spiro atoms. The molecule has 106 valence electrons. The van der Waals surface area contributed by atoms with Gasteiger partial charge in [0.1, 0.15) is 6.54 Å². The van der Waals surface area contributed by atoms with Gasteiger partial charge >= 0.3 is 13.1 Å². The van der Waals surface area contributed by atoms with Crippen molar-refractivity contribution in [3.8, 4) is 0 Å². The molecule has 0 aliphatic carbocycles. The Balaban J connectivity index is 2.45. The Bertz CT molecular complexity index is 400. The SMILES string of the molecule is COC(=O)Cn1nnnc1C(N)CCCCB(O)O. The molecule has 4 N–H and O–H groups in total. The van der Waals surface area contributed by atoms with E-state index in [9.17, 15) is 4.79 Å². The Morgan fingerprint density at radius 1 is 1.53 bits per heavy atom. The zero-order valence-corrected chi connectivity index (χ0v) is 10.8. The number of nitrogens with zero attached hydrogens (tertiary/aromatic N) is 4. The number of hydrogen-bond donors (Lipinski definition) is 3. The minimum atomic E-state index is -1.29. The van der Waals surface area contributed by atoms with Crippen LogP contribution in [0.15, 0.2) is 0 Å². The maximum Gasteiger partial charge on any atom is 0.451 e. The molecule has 0 aliphatic rings. The number of methoxy groups -OCH3 is 1. The third kappa shape index (κ3) is 5.33. The third-order valence-corrected chi connectivity index (χ3v) is 2.63. The van der Waals surface area contributed by atoms with E-state index in [-0.39, 0.29) is 6.54 Å². The molecule has 1 aromatic heterocycles. The predicted molar refractivity (Wildman–Crippen MR) is 65.6 cm³/mol. The number of tetrazole rings is 1. The molecule has 1 heterocycles. The summed E-state index contributed by atoms with van der Waals surface area (Å²) in [6.45, 7) is -0.0815. The van der Waals surface area contributed by atoms with E-state index in [1.807, 2.05) is 0 Å². The minimum Gasteiger partial charge on any atom is -0.468 e. The number of rotatable bonds is 8. The van der Waals surface area contributed by atoms with Crippen LogP contribution in [-0.2, 0) is 16.1 Å². The smallest absolute Gasteiger partial charge is 0.451 e. The molecular weight excluding hydrogens is 253 g/mol. The second-order valence-electron chi connectivity index (χ2n) is 4.14. The molecular formula is C9H18BN5O4. The van der Waals surface area contributed by atoms with Crippen LogP contribution in [0.5, 0.6) is 0 Å². The highest BCUT2D eigenvalue weighted by atomic mass is 16.5. The molecule has 10 heteroatoms. The Labute approximate surface area is 110 Å². The molecule has 0 aromatic carbocycles. The summed E-state index contributed by atoms with van der Waals surface area (Å²) in [7, 11) is -0.00664. The summed E-state index contributed by atoms with van der Waals surface area (Å²) in [5, 5.41) is 28.4. The van der Waals surface area contributed by atoms with Gasteiger partial charge in [0.15, 0.2) is 5.82 Å². The van der Waals surface area contributed by atoms with E-state index < -0.39 is 19.1 Å². The van der Waals surface area contributed by atoms with Crippen molar-refractivity contribution in [2.45, 2.75) is 38.2 Å². The summed E-state index contributed by atoms with van der Waals surface area (Å²) in [6.07, 6.45) is 2.25. The number of aromatic nitrogens is 4. The van der Waals surface area contributed by atoms with Crippen LogP contribution in [0, 0.1) is 0 Å². The predicted octanol–water partition coefficient (Wildman–Crippen LogP) is -1.51. The van der Waals surface area contributed by atoms with E-state index in [0.717, 1.165) is 0 Å². The van der Waals surface area contributed by atoms with Crippen LogP contribution >= 0.6 is 0 Å². The van der Waals surface area contributed by atoms with Gasteiger partial charge in [-0.1, -0.05) is 12.8 Å². The van der Waals surface area contributed by atoms with E-state index in [0.29, 0.717) is 31.4 Å². The number of unbranched alkanes of at least 4 members (excludes halogenated alkanes) is 1. The van der Waals surface area contributed by atoms with Gasteiger partial charge in [-0.05, 0) is 23.2 Å². The summed E-state index contributed by atoms with van der Waals surface area (Å²) in [5.74, 6) is -0.0425. The first-order valence-electron chi connectivity index (χ1n) is 5.99. The molecule has 0 fully saturated rings. The van der Waals surface area contributed by atoms with Crippen molar-refractivity contribution >= 4 is 13.1 Å². The lowest BCUT2D eigenvalue weighted by molar-refractivity contribution is -0.141. The molecule has 19 heavy (non-hydrogen) atoms. The summed E-state index contributed by atoms with van der Waals surface area (Å²) in [5.41, 5.74) is 5.93. The van der Waals surface area contributed by atoms with Gasteiger partial charge in [-0.15, -0.1) is 5.10 Å². The van der Waals surface area contributed by atoms with Crippen molar-refractivity contribution in [1.29, 1.82) is 0 Å². The first-order valence-corrected chi connectivity index (χ1v) is 5.99. The van der Waals surface area contributed by atoms with Gasteiger partial charge in [0.25, 0.3) is 0 Å². The topological polar surface area (TPSA) is 136 Å². The average molecular weight is 271 g/mol. The first kappa shape index (κ1) is 15.5. The molecule has 1 atom stereocenters. The van der Waals surface area contributed by atoms with Gasteiger partial charge < -0.3 is 20.5 Å². The zero-order valence-electron chi connectivity index (χ0n) is 10.8. The standard InChI is InChI=1S/C9H18BN5O4/c1-19-8(16)6-15-9(12-13-14-15)7(11)4-2-3-5-10(17)18/h7,17-18H,2-6,11H2,1H3. The fourth-order valence-corrected chi connectivity index (χ4v) is 1.60. The molecule has 1 unspecified atom stereocenters. The van der Waals surface area contributed by atoms with Gasteiger partial charge in [0.2, 0.25) is 0 Å². The zero-order chi connectivity index (χ0) is 14.3. The van der Waals surface area contributed by atoms with Crippen LogP contribution in [0.2, 0.25) is 6.32 Å². The minimum absolute atomic E-state index is 0.0815. The number of ether oxygens (including phenoxy) is 1. The molecule has 0 saturated heterocycles. The van der Waals surface area contributed by atoms with E-state index in [1.54, 1.807) is 0 Å². The highest BCUT2D eigenvalue weighted by Crippen LogP contribution is 2.14. The summed E-state index contributed by atoms with van der Waals surface area (Å²) >= 11 is 0. The van der Waals surface area contributed by atoms with Crippen molar-refractivity contribution in [2.24, 2.45) is 5.73 Å². The molecule has 1 rings (SSSR count). The summed E-state index contributed by atoms with van der Waals surface area (Å²) < 4.78 is 5.83. The molecule has 1 aromatic rings. The van der Waals surface area contributed by atoms with Crippen molar-refractivity contribution in [3.63, 3.8) is 0 Å². The van der Waals surface area contributed by atoms with E-state index in [4.69, 9.17) is 15.8 Å². The van der Waals surface area contributed by atoms with Crippen molar-refractivity contribution in [1.82, 2.24) is 20.2 Å². The van der Waals surface area contributed by atoms with Crippen LogP contribution in [0.3, 0.4) is 0 Å². The van der Waals surface area contributed by atoms with E-state index >= 15 is 0 Å². The van der Waals surface area contributed by atoms with Crippen LogP contribution < -0.4 is 5.73 Å². The molecule has 0 amide bonds. The maximum absolute atomic E-state index is 11.2. The molecule has 0 radical (unpaired) electrons. The number of hydrogen-bond acceptors (Lipinski definition) is 8. The normalized spacial score (nSPS) is 12.2. The van der Waals surface area contributed by atoms with Gasteiger partial charge in [0.05, 0.1) is 13.2 Å². The van der Waals surface area contributed by atoms with Crippen LogP contribution in [0.4, 0.5) is 0 Å². The summed E-state index contributed by atoms with van der Waals surface area (Å²) in [4.78, 5) is 11.2. The fraction of sp³-hybridized carbons (Fsp3) is 0.778. The van der Waals surface area contributed by atoms with Crippen LogP contribution in [0.25, 0.3) is 0 Å². The number of nitrogens with two attached hydrogens (primary N) is 1. The third-order valence-electron chi connectivity index (χ3n) is 2.63. The summed E-state index contributed by atoms with van der Waals surface area (Å²) in [6, 6.07) is -0.407. The number of carbonyl (C=O) groups excluding carboxylic acids is 1. The van der Waals surface area contributed by atoms with Gasteiger partial charge in [-0.2, -0.15) is 0 Å². The second-order valence-corrected chi connectivity index (χ2v) is 4.14. The number of esters is 1. The quantitative estimate of drug-likeness (QED) is 0.295. The van der Waals surface area contributed by atoms with Crippen LogP contribution in [0.1, 0.15) is 31.1 Å². The van der Waals surface area contributed by atoms with Crippen molar-refractivity contribution in [3.05, 3.63) is 5.82 Å².